The molecule has 1 aliphatic rings. The van der Waals surface area contributed by atoms with Crippen LogP contribution in [0.2, 0.25) is 0 Å². The second kappa shape index (κ2) is 4.49. The first kappa shape index (κ1) is 10.8. The van der Waals surface area contributed by atoms with E-state index in [1.54, 1.807) is 18.8 Å². The highest BCUT2D eigenvalue weighted by Crippen LogP contribution is 2.35. The molecule has 0 bridgehead atoms. The summed E-state index contributed by atoms with van der Waals surface area (Å²) < 4.78 is 6.33. The fraction of sp³-hybridized carbons (Fsp3) is 0.333. The van der Waals surface area contributed by atoms with E-state index in [-0.39, 0.29) is 0 Å². The number of halogens is 1. The normalized spacial score (nSPS) is 14.9. The summed E-state index contributed by atoms with van der Waals surface area (Å²) in [5.41, 5.74) is 0. The maximum atomic E-state index is 5.40. The number of furan rings is 1. The summed E-state index contributed by atoms with van der Waals surface area (Å²) in [6, 6.07) is 4.48. The number of aromatic nitrogens is 2. The van der Waals surface area contributed by atoms with E-state index >= 15 is 0 Å². The number of anilines is 1. The van der Waals surface area contributed by atoms with Crippen molar-refractivity contribution >= 4 is 21.7 Å². The van der Waals surface area contributed by atoms with Crippen molar-refractivity contribution in [3.05, 3.63) is 41.2 Å². The summed E-state index contributed by atoms with van der Waals surface area (Å²) in [5, 5.41) is 0. The van der Waals surface area contributed by atoms with Crippen LogP contribution in [0.5, 0.6) is 0 Å². The summed E-state index contributed by atoms with van der Waals surface area (Å²) in [4.78, 5) is 10.6. The Bertz CT molecular complexity index is 496. The minimum absolute atomic E-state index is 0.575. The highest BCUT2D eigenvalue weighted by molar-refractivity contribution is 9.10. The maximum Gasteiger partial charge on any atom is 0.146 e. The molecular formula is C12H12BrN3O. The highest BCUT2D eigenvalue weighted by atomic mass is 79.9. The number of nitrogens with zero attached hydrogens (tertiary/aromatic N) is 3. The summed E-state index contributed by atoms with van der Waals surface area (Å²) >= 11 is 3.50. The van der Waals surface area contributed by atoms with Crippen molar-refractivity contribution in [1.82, 2.24) is 9.97 Å². The summed E-state index contributed by atoms with van der Waals surface area (Å²) in [7, 11) is 0. The SMILES string of the molecule is Brc1cncnc1N(Cc1ccco1)C1CC1. The van der Waals surface area contributed by atoms with E-state index in [1.807, 2.05) is 12.1 Å². The molecule has 2 aromatic rings. The molecule has 1 aliphatic carbocycles. The van der Waals surface area contributed by atoms with E-state index in [2.05, 4.69) is 30.8 Å². The molecule has 0 saturated heterocycles. The second-order valence-corrected chi connectivity index (χ2v) is 4.99. The molecule has 0 unspecified atom stereocenters. The summed E-state index contributed by atoms with van der Waals surface area (Å²) in [5.74, 6) is 1.90. The van der Waals surface area contributed by atoms with Crippen molar-refractivity contribution in [1.29, 1.82) is 0 Å². The van der Waals surface area contributed by atoms with Crippen LogP contribution < -0.4 is 4.90 Å². The van der Waals surface area contributed by atoms with Crippen LogP contribution >= 0.6 is 15.9 Å². The molecule has 17 heavy (non-hydrogen) atoms. The smallest absolute Gasteiger partial charge is 0.146 e. The largest absolute Gasteiger partial charge is 0.467 e. The molecule has 0 atom stereocenters. The minimum Gasteiger partial charge on any atom is -0.467 e. The van der Waals surface area contributed by atoms with Crippen molar-refractivity contribution in [2.45, 2.75) is 25.4 Å². The van der Waals surface area contributed by atoms with Crippen molar-refractivity contribution in [3.8, 4) is 0 Å². The second-order valence-electron chi connectivity index (χ2n) is 4.13. The average Bonchev–Trinajstić information content (AvgIpc) is 3.05. The first-order valence-electron chi connectivity index (χ1n) is 5.59. The van der Waals surface area contributed by atoms with E-state index in [0.29, 0.717) is 6.04 Å². The lowest BCUT2D eigenvalue weighted by Crippen LogP contribution is -2.26. The van der Waals surface area contributed by atoms with Crippen LogP contribution in [0.1, 0.15) is 18.6 Å². The van der Waals surface area contributed by atoms with Crippen LogP contribution in [0, 0.1) is 0 Å². The molecule has 0 N–H and O–H groups in total. The van der Waals surface area contributed by atoms with Gasteiger partial charge < -0.3 is 9.32 Å². The lowest BCUT2D eigenvalue weighted by Gasteiger charge is -2.23. The van der Waals surface area contributed by atoms with Gasteiger partial charge in [0.05, 0.1) is 17.3 Å². The summed E-state index contributed by atoms with van der Waals surface area (Å²) in [6.45, 7) is 0.757. The van der Waals surface area contributed by atoms with E-state index in [4.69, 9.17) is 4.42 Å². The van der Waals surface area contributed by atoms with E-state index in [9.17, 15) is 0 Å². The van der Waals surface area contributed by atoms with Gasteiger partial charge in [-0.3, -0.25) is 0 Å². The van der Waals surface area contributed by atoms with Crippen LogP contribution in [-0.4, -0.2) is 16.0 Å². The fourth-order valence-corrected chi connectivity index (χ4v) is 2.30. The zero-order valence-electron chi connectivity index (χ0n) is 9.21. The van der Waals surface area contributed by atoms with Gasteiger partial charge in [-0.05, 0) is 40.9 Å². The van der Waals surface area contributed by atoms with Gasteiger partial charge >= 0.3 is 0 Å². The molecule has 1 saturated carbocycles. The lowest BCUT2D eigenvalue weighted by molar-refractivity contribution is 0.500. The fourth-order valence-electron chi connectivity index (χ4n) is 1.85. The van der Waals surface area contributed by atoms with E-state index in [1.165, 1.54) is 12.8 Å². The van der Waals surface area contributed by atoms with Crippen molar-refractivity contribution in [2.75, 3.05) is 4.90 Å². The average molecular weight is 294 g/mol. The van der Waals surface area contributed by atoms with Gasteiger partial charge in [0, 0.05) is 12.2 Å². The van der Waals surface area contributed by atoms with Gasteiger partial charge in [-0.2, -0.15) is 0 Å². The molecule has 5 heteroatoms. The Morgan fingerprint density at radius 2 is 2.35 bits per heavy atom. The molecular weight excluding hydrogens is 282 g/mol. The van der Waals surface area contributed by atoms with Crippen LogP contribution in [0.25, 0.3) is 0 Å². The van der Waals surface area contributed by atoms with E-state index < -0.39 is 0 Å². The maximum absolute atomic E-state index is 5.40. The van der Waals surface area contributed by atoms with Gasteiger partial charge in [-0.15, -0.1) is 0 Å². The molecule has 3 rings (SSSR count). The van der Waals surface area contributed by atoms with Crippen molar-refractivity contribution < 1.29 is 4.42 Å². The zero-order chi connectivity index (χ0) is 11.7. The topological polar surface area (TPSA) is 42.2 Å². The third-order valence-electron chi connectivity index (χ3n) is 2.81. The highest BCUT2D eigenvalue weighted by Gasteiger charge is 2.31. The van der Waals surface area contributed by atoms with E-state index in [0.717, 1.165) is 22.6 Å². The molecule has 2 heterocycles. The molecule has 4 nitrogen and oxygen atoms in total. The number of hydrogen-bond donors (Lipinski definition) is 0. The van der Waals surface area contributed by atoms with Gasteiger partial charge in [0.1, 0.15) is 17.9 Å². The Morgan fingerprint density at radius 1 is 1.47 bits per heavy atom. The van der Waals surface area contributed by atoms with Gasteiger partial charge in [0.15, 0.2) is 0 Å². The number of rotatable bonds is 4. The standard InChI is InChI=1S/C12H12BrN3O/c13-11-6-14-8-15-12(11)16(9-3-4-9)7-10-2-1-5-17-10/h1-2,5-6,8-9H,3-4,7H2. The molecule has 2 aromatic heterocycles. The first-order valence-corrected chi connectivity index (χ1v) is 6.38. The molecule has 0 amide bonds. The molecule has 0 aromatic carbocycles. The molecule has 88 valence electrons. The van der Waals surface area contributed by atoms with Gasteiger partial charge in [0.25, 0.3) is 0 Å². The predicted octanol–water partition coefficient (Wildman–Crippen LogP) is 3.00. The number of hydrogen-bond acceptors (Lipinski definition) is 4. The van der Waals surface area contributed by atoms with Crippen LogP contribution in [0.4, 0.5) is 5.82 Å². The zero-order valence-corrected chi connectivity index (χ0v) is 10.8. The quantitative estimate of drug-likeness (QED) is 0.869. The summed E-state index contributed by atoms with van der Waals surface area (Å²) in [6.07, 6.45) is 7.50. The van der Waals surface area contributed by atoms with Crippen LogP contribution in [0.15, 0.2) is 39.8 Å². The lowest BCUT2D eigenvalue weighted by atomic mass is 10.3. The molecule has 1 fully saturated rings. The van der Waals surface area contributed by atoms with Crippen LogP contribution in [0.3, 0.4) is 0 Å². The molecule has 0 aliphatic heterocycles. The van der Waals surface area contributed by atoms with Gasteiger partial charge in [-0.25, -0.2) is 9.97 Å². The van der Waals surface area contributed by atoms with Crippen LogP contribution in [-0.2, 0) is 6.54 Å². The first-order chi connectivity index (χ1) is 8.34. The van der Waals surface area contributed by atoms with Gasteiger partial charge in [-0.1, -0.05) is 0 Å². The Labute approximate surface area is 108 Å². The Kier molecular flexibility index (Phi) is 2.84. The monoisotopic (exact) mass is 293 g/mol. The molecule has 0 spiro atoms. The molecule has 0 radical (unpaired) electrons. The third-order valence-corrected chi connectivity index (χ3v) is 3.37. The van der Waals surface area contributed by atoms with Gasteiger partial charge in [0.2, 0.25) is 0 Å². The Morgan fingerprint density at radius 3 is 3.00 bits per heavy atom. The van der Waals surface area contributed by atoms with Crippen molar-refractivity contribution in [3.63, 3.8) is 0 Å². The minimum atomic E-state index is 0.575. The third kappa shape index (κ3) is 2.34. The predicted molar refractivity (Wildman–Crippen MR) is 67.6 cm³/mol. The Hall–Kier alpha value is -1.36. The van der Waals surface area contributed by atoms with Crippen molar-refractivity contribution in [2.24, 2.45) is 0 Å². The Balaban J connectivity index is 1.88.